The number of para-hydroxylation sites is 1. The van der Waals surface area contributed by atoms with E-state index in [2.05, 4.69) is 15.7 Å². The molecule has 0 aromatic heterocycles. The van der Waals surface area contributed by atoms with Crippen molar-refractivity contribution in [2.45, 2.75) is 19.4 Å². The van der Waals surface area contributed by atoms with Crippen LogP contribution in [-0.4, -0.2) is 25.2 Å². The summed E-state index contributed by atoms with van der Waals surface area (Å²) in [5.41, 5.74) is 3.16. The molecule has 1 aromatic rings. The van der Waals surface area contributed by atoms with E-state index in [0.29, 0.717) is 12.5 Å². The van der Waals surface area contributed by atoms with E-state index in [4.69, 9.17) is 10.6 Å². The van der Waals surface area contributed by atoms with E-state index in [1.807, 2.05) is 44.2 Å². The summed E-state index contributed by atoms with van der Waals surface area (Å²) in [6.07, 6.45) is 0. The van der Waals surface area contributed by atoms with E-state index in [9.17, 15) is 0 Å². The largest absolute Gasteiger partial charge is 0.377 e. The SMILES string of the molecule is COC(C)(C)CN=C(NN)Nc1ccccc1. The molecule has 0 unspecified atom stereocenters. The van der Waals surface area contributed by atoms with E-state index in [1.54, 1.807) is 7.11 Å². The highest BCUT2D eigenvalue weighted by molar-refractivity contribution is 5.93. The third-order valence-electron chi connectivity index (χ3n) is 2.34. The maximum absolute atomic E-state index is 5.41. The number of hydrazine groups is 1. The van der Waals surface area contributed by atoms with Crippen LogP contribution in [0.25, 0.3) is 0 Å². The Balaban J connectivity index is 2.63. The Hall–Kier alpha value is -1.59. The molecule has 0 saturated heterocycles. The lowest BCUT2D eigenvalue weighted by atomic mass is 10.1. The summed E-state index contributed by atoms with van der Waals surface area (Å²) in [4.78, 5) is 4.32. The van der Waals surface area contributed by atoms with Gasteiger partial charge in [-0.05, 0) is 26.0 Å². The molecular formula is C12H20N4O. The molecule has 0 spiro atoms. The van der Waals surface area contributed by atoms with Crippen molar-refractivity contribution in [3.8, 4) is 0 Å². The van der Waals surface area contributed by atoms with Gasteiger partial charge in [0.2, 0.25) is 5.96 Å². The van der Waals surface area contributed by atoms with Crippen LogP contribution in [0.2, 0.25) is 0 Å². The second kappa shape index (κ2) is 6.22. The Morgan fingerprint density at radius 2 is 2.00 bits per heavy atom. The summed E-state index contributed by atoms with van der Waals surface area (Å²) in [5.74, 6) is 5.92. The third kappa shape index (κ3) is 4.84. The van der Waals surface area contributed by atoms with Crippen molar-refractivity contribution in [2.24, 2.45) is 10.8 Å². The summed E-state index contributed by atoms with van der Waals surface area (Å²) in [6.45, 7) is 4.45. The van der Waals surface area contributed by atoms with E-state index < -0.39 is 0 Å². The highest BCUT2D eigenvalue weighted by Gasteiger charge is 2.15. The number of aliphatic imine (C=N–C) groups is 1. The van der Waals surface area contributed by atoms with Crippen LogP contribution >= 0.6 is 0 Å². The van der Waals surface area contributed by atoms with Crippen molar-refractivity contribution in [1.29, 1.82) is 0 Å². The molecule has 0 aliphatic heterocycles. The number of guanidine groups is 1. The predicted molar refractivity (Wildman–Crippen MR) is 70.8 cm³/mol. The third-order valence-corrected chi connectivity index (χ3v) is 2.34. The summed E-state index contributed by atoms with van der Waals surface area (Å²) in [7, 11) is 1.66. The zero-order valence-electron chi connectivity index (χ0n) is 10.5. The Bertz CT molecular complexity index is 362. The monoisotopic (exact) mass is 236 g/mol. The first-order valence-electron chi connectivity index (χ1n) is 5.46. The maximum Gasteiger partial charge on any atom is 0.210 e. The number of nitrogens with one attached hydrogen (secondary N) is 2. The fourth-order valence-corrected chi connectivity index (χ4v) is 1.11. The van der Waals surface area contributed by atoms with Gasteiger partial charge in [-0.2, -0.15) is 0 Å². The molecule has 0 radical (unpaired) electrons. The quantitative estimate of drug-likeness (QED) is 0.319. The Morgan fingerprint density at radius 1 is 1.35 bits per heavy atom. The minimum atomic E-state index is -0.305. The number of ether oxygens (including phenoxy) is 1. The van der Waals surface area contributed by atoms with Crippen molar-refractivity contribution in [3.63, 3.8) is 0 Å². The van der Waals surface area contributed by atoms with Gasteiger partial charge in [0.15, 0.2) is 0 Å². The number of anilines is 1. The summed E-state index contributed by atoms with van der Waals surface area (Å²) >= 11 is 0. The minimum Gasteiger partial charge on any atom is -0.377 e. The summed E-state index contributed by atoms with van der Waals surface area (Å²) < 4.78 is 5.28. The van der Waals surface area contributed by atoms with Gasteiger partial charge in [-0.3, -0.25) is 5.43 Å². The van der Waals surface area contributed by atoms with Crippen LogP contribution in [0.1, 0.15) is 13.8 Å². The normalized spacial score (nSPS) is 12.4. The summed E-state index contributed by atoms with van der Waals surface area (Å²) in [5, 5.41) is 3.08. The molecule has 0 bridgehead atoms. The van der Waals surface area contributed by atoms with Gasteiger partial charge in [0.05, 0.1) is 12.1 Å². The number of rotatable bonds is 4. The molecule has 94 valence electrons. The van der Waals surface area contributed by atoms with Crippen LogP contribution in [0.4, 0.5) is 5.69 Å². The molecule has 0 aliphatic rings. The average molecular weight is 236 g/mol. The molecule has 0 saturated carbocycles. The van der Waals surface area contributed by atoms with Crippen molar-refractivity contribution >= 4 is 11.6 Å². The Labute approximate surface area is 102 Å². The van der Waals surface area contributed by atoms with Crippen LogP contribution < -0.4 is 16.6 Å². The van der Waals surface area contributed by atoms with Crippen LogP contribution in [0, 0.1) is 0 Å². The van der Waals surface area contributed by atoms with Crippen molar-refractivity contribution in [1.82, 2.24) is 5.43 Å². The molecule has 1 aromatic carbocycles. The van der Waals surface area contributed by atoms with Crippen LogP contribution in [0.15, 0.2) is 35.3 Å². The number of benzene rings is 1. The first-order valence-corrected chi connectivity index (χ1v) is 5.46. The van der Waals surface area contributed by atoms with E-state index in [-0.39, 0.29) is 5.60 Å². The van der Waals surface area contributed by atoms with Gasteiger partial charge in [0, 0.05) is 12.8 Å². The first kappa shape index (κ1) is 13.5. The number of hydrogen-bond acceptors (Lipinski definition) is 3. The molecule has 17 heavy (non-hydrogen) atoms. The molecule has 0 heterocycles. The highest BCUT2D eigenvalue weighted by Crippen LogP contribution is 2.08. The number of nitrogens with two attached hydrogens (primary N) is 1. The van der Waals surface area contributed by atoms with Gasteiger partial charge in [0.1, 0.15) is 0 Å². The van der Waals surface area contributed by atoms with Crippen LogP contribution in [0.3, 0.4) is 0 Å². The predicted octanol–water partition coefficient (Wildman–Crippen LogP) is 1.34. The zero-order chi connectivity index (χ0) is 12.7. The zero-order valence-corrected chi connectivity index (χ0v) is 10.5. The second-order valence-electron chi connectivity index (χ2n) is 4.26. The molecule has 0 atom stereocenters. The molecule has 0 amide bonds. The van der Waals surface area contributed by atoms with Crippen molar-refractivity contribution < 1.29 is 4.74 Å². The topological polar surface area (TPSA) is 71.7 Å². The molecule has 5 heteroatoms. The number of hydrogen-bond donors (Lipinski definition) is 3. The fourth-order valence-electron chi connectivity index (χ4n) is 1.11. The van der Waals surface area contributed by atoms with E-state index in [0.717, 1.165) is 5.69 Å². The number of methoxy groups -OCH3 is 1. The van der Waals surface area contributed by atoms with E-state index >= 15 is 0 Å². The van der Waals surface area contributed by atoms with Crippen LogP contribution in [-0.2, 0) is 4.74 Å². The fraction of sp³-hybridized carbons (Fsp3) is 0.417. The lowest BCUT2D eigenvalue weighted by Crippen LogP contribution is -2.38. The Morgan fingerprint density at radius 3 is 2.53 bits per heavy atom. The summed E-state index contributed by atoms with van der Waals surface area (Å²) in [6, 6.07) is 9.71. The van der Waals surface area contributed by atoms with Gasteiger partial charge in [-0.25, -0.2) is 10.8 Å². The molecule has 0 fully saturated rings. The Kier molecular flexibility index (Phi) is 4.93. The van der Waals surface area contributed by atoms with Crippen molar-refractivity contribution in [2.75, 3.05) is 19.0 Å². The van der Waals surface area contributed by atoms with Crippen molar-refractivity contribution in [3.05, 3.63) is 30.3 Å². The molecule has 1 rings (SSSR count). The van der Waals surface area contributed by atoms with Gasteiger partial charge >= 0.3 is 0 Å². The molecule has 0 aliphatic carbocycles. The average Bonchev–Trinajstić information content (AvgIpc) is 2.35. The minimum absolute atomic E-state index is 0.305. The smallest absolute Gasteiger partial charge is 0.210 e. The van der Waals surface area contributed by atoms with Gasteiger partial charge < -0.3 is 10.1 Å². The second-order valence-corrected chi connectivity index (χ2v) is 4.26. The maximum atomic E-state index is 5.41. The molecular weight excluding hydrogens is 216 g/mol. The van der Waals surface area contributed by atoms with E-state index in [1.165, 1.54) is 0 Å². The standard InChI is InChI=1S/C12H20N4O/c1-12(2,17-3)9-14-11(16-13)15-10-7-5-4-6-8-10/h4-8H,9,13H2,1-3H3,(H2,14,15,16). The van der Waals surface area contributed by atoms with Gasteiger partial charge in [-0.15, -0.1) is 0 Å². The molecule has 4 N–H and O–H groups in total. The number of nitrogens with zero attached hydrogens (tertiary/aromatic N) is 1. The lowest BCUT2D eigenvalue weighted by molar-refractivity contribution is 0.0311. The molecule has 5 nitrogen and oxygen atoms in total. The van der Waals surface area contributed by atoms with Gasteiger partial charge in [0.25, 0.3) is 0 Å². The van der Waals surface area contributed by atoms with Gasteiger partial charge in [-0.1, -0.05) is 18.2 Å². The first-order chi connectivity index (χ1) is 8.07. The van der Waals surface area contributed by atoms with Crippen LogP contribution in [0.5, 0.6) is 0 Å². The lowest BCUT2D eigenvalue weighted by Gasteiger charge is -2.20. The highest BCUT2D eigenvalue weighted by atomic mass is 16.5.